The Labute approximate surface area is 143 Å². The van der Waals surface area contributed by atoms with Gasteiger partial charge in [-0.1, -0.05) is 0 Å². The second-order valence-corrected chi connectivity index (χ2v) is 5.61. The second-order valence-electron chi connectivity index (χ2n) is 5.61. The number of anilines is 2. The molecule has 1 aliphatic rings. The highest BCUT2D eigenvalue weighted by Gasteiger charge is 2.24. The van der Waals surface area contributed by atoms with Crippen LogP contribution < -0.4 is 15.0 Å². The molecule has 0 radical (unpaired) electrons. The van der Waals surface area contributed by atoms with Gasteiger partial charge >= 0.3 is 0 Å². The fourth-order valence-corrected chi connectivity index (χ4v) is 2.75. The van der Waals surface area contributed by atoms with Crippen LogP contribution in [0.1, 0.15) is 23.2 Å². The quantitative estimate of drug-likeness (QED) is 0.924. The van der Waals surface area contributed by atoms with Crippen LogP contribution in [0.5, 0.6) is 5.75 Å². The average molecular weight is 346 g/mol. The topological polar surface area (TPSA) is 58.6 Å². The van der Waals surface area contributed by atoms with Crippen molar-refractivity contribution in [1.82, 2.24) is 0 Å². The van der Waals surface area contributed by atoms with Gasteiger partial charge in [-0.25, -0.2) is 8.78 Å². The zero-order valence-electron chi connectivity index (χ0n) is 13.5. The van der Waals surface area contributed by atoms with Crippen molar-refractivity contribution in [3.05, 3.63) is 53.6 Å². The zero-order valence-corrected chi connectivity index (χ0v) is 13.5. The molecular formula is C18H16F2N2O3. The minimum Gasteiger partial charge on any atom is -0.494 e. The molecule has 0 atom stereocenters. The molecule has 0 aromatic heterocycles. The predicted molar refractivity (Wildman–Crippen MR) is 88.9 cm³/mol. The summed E-state index contributed by atoms with van der Waals surface area (Å²) in [5.74, 6) is -1.87. The molecule has 0 saturated carbocycles. The Kier molecular flexibility index (Phi) is 4.65. The highest BCUT2D eigenvalue weighted by Crippen LogP contribution is 2.34. The number of benzene rings is 2. The number of carbonyl (C=O) groups is 2. The van der Waals surface area contributed by atoms with E-state index < -0.39 is 23.1 Å². The molecule has 0 aliphatic carbocycles. The third-order valence-electron chi connectivity index (χ3n) is 3.97. The highest BCUT2D eigenvalue weighted by molar-refractivity contribution is 6.05. The Morgan fingerprint density at radius 2 is 2.00 bits per heavy atom. The molecule has 25 heavy (non-hydrogen) atoms. The van der Waals surface area contributed by atoms with E-state index in [2.05, 4.69) is 5.32 Å². The van der Waals surface area contributed by atoms with Crippen molar-refractivity contribution >= 4 is 23.2 Å². The number of nitrogens with one attached hydrogen (secondary N) is 1. The maximum atomic E-state index is 13.7. The van der Waals surface area contributed by atoms with Gasteiger partial charge in [-0.05, 0) is 36.8 Å². The van der Waals surface area contributed by atoms with Crippen molar-refractivity contribution in [3.63, 3.8) is 0 Å². The van der Waals surface area contributed by atoms with Gasteiger partial charge in [0.2, 0.25) is 5.91 Å². The van der Waals surface area contributed by atoms with Crippen molar-refractivity contribution in [2.45, 2.75) is 12.8 Å². The number of halogens is 2. The normalized spacial score (nSPS) is 13.9. The predicted octanol–water partition coefficient (Wildman–Crippen LogP) is 3.35. The lowest BCUT2D eigenvalue weighted by molar-refractivity contribution is -0.117. The van der Waals surface area contributed by atoms with E-state index in [0.717, 1.165) is 24.6 Å². The first kappa shape index (κ1) is 16.9. The van der Waals surface area contributed by atoms with E-state index >= 15 is 0 Å². The van der Waals surface area contributed by atoms with Crippen LogP contribution in [0.25, 0.3) is 0 Å². The molecule has 2 amide bonds. The molecule has 7 heteroatoms. The van der Waals surface area contributed by atoms with Gasteiger partial charge in [0.25, 0.3) is 5.91 Å². The van der Waals surface area contributed by atoms with Crippen LogP contribution in [0.3, 0.4) is 0 Å². The van der Waals surface area contributed by atoms with Gasteiger partial charge in [0.05, 0.1) is 18.4 Å². The lowest BCUT2D eigenvalue weighted by atomic mass is 10.1. The van der Waals surface area contributed by atoms with Gasteiger partial charge in [0, 0.05) is 24.7 Å². The van der Waals surface area contributed by atoms with E-state index in [9.17, 15) is 18.4 Å². The molecule has 1 N–H and O–H groups in total. The van der Waals surface area contributed by atoms with E-state index in [1.54, 1.807) is 17.0 Å². The molecule has 1 aliphatic heterocycles. The summed E-state index contributed by atoms with van der Waals surface area (Å²) in [7, 11) is 1.46. The Hall–Kier alpha value is -2.96. The molecule has 5 nitrogen and oxygen atoms in total. The molecule has 3 rings (SSSR count). The van der Waals surface area contributed by atoms with Crippen molar-refractivity contribution < 1.29 is 23.1 Å². The number of ether oxygens (including phenoxy) is 1. The van der Waals surface area contributed by atoms with Gasteiger partial charge in [-0.3, -0.25) is 9.59 Å². The van der Waals surface area contributed by atoms with Crippen molar-refractivity contribution in [1.29, 1.82) is 0 Å². The minimum absolute atomic E-state index is 0.0110. The summed E-state index contributed by atoms with van der Waals surface area (Å²) in [6, 6.07) is 7.44. The second kappa shape index (κ2) is 6.88. The number of hydrogen-bond acceptors (Lipinski definition) is 3. The standard InChI is InChI=1S/C18H16F2N2O3/c1-25-16-10-12(5-7-15(16)22-8-2-3-17(22)23)21-18(24)13-9-11(19)4-6-14(13)20/h4-7,9-10H,2-3,8H2,1H3,(H,21,24). The van der Waals surface area contributed by atoms with Crippen LogP contribution >= 0.6 is 0 Å². The van der Waals surface area contributed by atoms with Crippen LogP contribution in [0.2, 0.25) is 0 Å². The molecule has 2 aromatic rings. The van der Waals surface area contributed by atoms with Gasteiger partial charge in [0.15, 0.2) is 0 Å². The van der Waals surface area contributed by atoms with Crippen molar-refractivity contribution in [2.75, 3.05) is 23.9 Å². The summed E-state index contributed by atoms with van der Waals surface area (Å²) in [4.78, 5) is 25.7. The number of rotatable bonds is 4. The van der Waals surface area contributed by atoms with Gasteiger partial charge in [-0.2, -0.15) is 0 Å². The van der Waals surface area contributed by atoms with E-state index in [1.807, 2.05) is 0 Å². The van der Waals surface area contributed by atoms with E-state index in [1.165, 1.54) is 13.2 Å². The number of carbonyl (C=O) groups excluding carboxylic acids is 2. The summed E-state index contributed by atoms with van der Waals surface area (Å²) in [5, 5.41) is 2.50. The molecule has 0 unspecified atom stereocenters. The SMILES string of the molecule is COc1cc(NC(=O)c2cc(F)ccc2F)ccc1N1CCCC1=O. The molecule has 0 bridgehead atoms. The fourth-order valence-electron chi connectivity index (χ4n) is 2.75. The molecule has 1 fully saturated rings. The van der Waals surface area contributed by atoms with Gasteiger partial charge in [0.1, 0.15) is 17.4 Å². The van der Waals surface area contributed by atoms with Crippen molar-refractivity contribution in [3.8, 4) is 5.75 Å². The van der Waals surface area contributed by atoms with Crippen LogP contribution in [0.15, 0.2) is 36.4 Å². The summed E-state index contributed by atoms with van der Waals surface area (Å²) in [6.45, 7) is 0.607. The summed E-state index contributed by atoms with van der Waals surface area (Å²) < 4.78 is 32.2. The van der Waals surface area contributed by atoms with Crippen LogP contribution in [0, 0.1) is 11.6 Å². The average Bonchev–Trinajstić information content (AvgIpc) is 3.02. The van der Waals surface area contributed by atoms with Crippen molar-refractivity contribution in [2.24, 2.45) is 0 Å². The third-order valence-corrected chi connectivity index (χ3v) is 3.97. The first-order valence-electron chi connectivity index (χ1n) is 7.74. The highest BCUT2D eigenvalue weighted by atomic mass is 19.1. The molecule has 0 spiro atoms. The smallest absolute Gasteiger partial charge is 0.258 e. The molecular weight excluding hydrogens is 330 g/mol. The van der Waals surface area contributed by atoms with E-state index in [-0.39, 0.29) is 5.91 Å². The largest absolute Gasteiger partial charge is 0.494 e. The number of nitrogens with zero attached hydrogens (tertiary/aromatic N) is 1. The van der Waals surface area contributed by atoms with Crippen LogP contribution in [-0.2, 0) is 4.79 Å². The summed E-state index contributed by atoms with van der Waals surface area (Å²) in [6.07, 6.45) is 1.26. The minimum atomic E-state index is -0.815. The molecule has 1 saturated heterocycles. The fraction of sp³-hybridized carbons (Fsp3) is 0.222. The molecule has 2 aromatic carbocycles. The lowest BCUT2D eigenvalue weighted by Gasteiger charge is -2.19. The maximum Gasteiger partial charge on any atom is 0.258 e. The molecule has 130 valence electrons. The number of methoxy groups -OCH3 is 1. The first-order valence-corrected chi connectivity index (χ1v) is 7.74. The lowest BCUT2D eigenvalue weighted by Crippen LogP contribution is -2.24. The zero-order chi connectivity index (χ0) is 18.0. The Morgan fingerprint density at radius 3 is 2.68 bits per heavy atom. The maximum absolute atomic E-state index is 13.7. The third kappa shape index (κ3) is 3.45. The molecule has 1 heterocycles. The first-order chi connectivity index (χ1) is 12.0. The van der Waals surface area contributed by atoms with E-state index in [4.69, 9.17) is 4.74 Å². The van der Waals surface area contributed by atoms with E-state index in [0.29, 0.717) is 30.1 Å². The van der Waals surface area contributed by atoms with Gasteiger partial charge in [-0.15, -0.1) is 0 Å². The van der Waals surface area contributed by atoms with Gasteiger partial charge < -0.3 is 15.0 Å². The number of amides is 2. The Morgan fingerprint density at radius 1 is 1.20 bits per heavy atom. The number of hydrogen-bond donors (Lipinski definition) is 1. The van der Waals surface area contributed by atoms with Crippen LogP contribution in [-0.4, -0.2) is 25.5 Å². The Balaban J connectivity index is 1.85. The summed E-state index contributed by atoms with van der Waals surface area (Å²) >= 11 is 0. The Bertz CT molecular complexity index is 839. The summed E-state index contributed by atoms with van der Waals surface area (Å²) in [5.41, 5.74) is 0.568. The van der Waals surface area contributed by atoms with Crippen LogP contribution in [0.4, 0.5) is 20.2 Å². The monoisotopic (exact) mass is 346 g/mol.